The van der Waals surface area contributed by atoms with Crippen LogP contribution in [0.2, 0.25) is 10.4 Å². The molecule has 4 nitrogen and oxygen atoms in total. The Morgan fingerprint density at radius 1 is 0.722 bits per heavy atom. The van der Waals surface area contributed by atoms with Gasteiger partial charge in [0.1, 0.15) is 11.0 Å². The van der Waals surface area contributed by atoms with Crippen LogP contribution < -0.4 is 0 Å². The zero-order valence-corrected chi connectivity index (χ0v) is 12.2. The lowest BCUT2D eigenvalue weighted by Gasteiger charge is -1.93. The molecule has 0 fully saturated rings. The van der Waals surface area contributed by atoms with E-state index in [1.165, 1.54) is 0 Å². The van der Waals surface area contributed by atoms with E-state index in [0.717, 1.165) is 22.9 Å². The average molecular weight is 285 g/mol. The average Bonchev–Trinajstić information content (AvgIpc) is 2.12. The van der Waals surface area contributed by atoms with E-state index in [1.54, 1.807) is 6.07 Å². The lowest BCUT2D eigenvalue weighted by atomic mass is 10.4. The zero-order chi connectivity index (χ0) is 13.7. The van der Waals surface area contributed by atoms with Crippen LogP contribution in [0.3, 0.4) is 0 Å². The molecule has 2 heterocycles. The van der Waals surface area contributed by atoms with Crippen LogP contribution in [0.1, 0.15) is 22.9 Å². The van der Waals surface area contributed by atoms with Gasteiger partial charge in [0.25, 0.3) is 0 Å². The maximum absolute atomic E-state index is 5.60. The quantitative estimate of drug-likeness (QED) is 0.549. The third kappa shape index (κ3) is 5.38. The Bertz CT molecular complexity index is 393. The van der Waals surface area contributed by atoms with Crippen molar-refractivity contribution in [3.63, 3.8) is 0 Å². The molecule has 0 radical (unpaired) electrons. The van der Waals surface area contributed by atoms with Gasteiger partial charge < -0.3 is 0 Å². The maximum Gasteiger partial charge on any atom is 0.222 e. The molecular weight excluding hydrogens is 271 g/mol. The third-order valence-electron chi connectivity index (χ3n) is 1.89. The van der Waals surface area contributed by atoms with Crippen molar-refractivity contribution >= 4 is 23.2 Å². The molecule has 2 aromatic rings. The lowest BCUT2D eigenvalue weighted by Crippen LogP contribution is -1.89. The normalized spacial score (nSPS) is 9.67. The highest BCUT2D eigenvalue weighted by molar-refractivity contribution is 6.29. The molecule has 0 saturated heterocycles. The van der Waals surface area contributed by atoms with Crippen molar-refractivity contribution in [2.75, 3.05) is 0 Å². The van der Waals surface area contributed by atoms with E-state index in [0.29, 0.717) is 10.4 Å². The molecule has 0 spiro atoms. The summed E-state index contributed by atoms with van der Waals surface area (Å²) < 4.78 is 0. The molecule has 0 unspecified atom stereocenters. The van der Waals surface area contributed by atoms with Crippen LogP contribution >= 0.6 is 23.2 Å². The number of rotatable bonds is 0. The van der Waals surface area contributed by atoms with E-state index in [1.807, 2.05) is 33.8 Å². The molecule has 0 saturated carbocycles. The van der Waals surface area contributed by atoms with Gasteiger partial charge in [-0.25, -0.2) is 19.9 Å². The summed E-state index contributed by atoms with van der Waals surface area (Å²) in [6.07, 6.45) is 0. The largest absolute Gasteiger partial charge is 0.238 e. The predicted molar refractivity (Wildman–Crippen MR) is 73.0 cm³/mol. The van der Waals surface area contributed by atoms with Crippen LogP contribution in [0.4, 0.5) is 0 Å². The molecule has 0 aliphatic heterocycles. The fourth-order valence-corrected chi connectivity index (χ4v) is 1.90. The molecule has 96 valence electrons. The van der Waals surface area contributed by atoms with Gasteiger partial charge in [0, 0.05) is 17.1 Å². The van der Waals surface area contributed by atoms with E-state index < -0.39 is 0 Å². The second-order valence-electron chi connectivity index (χ2n) is 3.80. The summed E-state index contributed by atoms with van der Waals surface area (Å²) in [7, 11) is 0. The topological polar surface area (TPSA) is 51.6 Å². The molecule has 0 amide bonds. The first-order valence-electron chi connectivity index (χ1n) is 5.32. The molecule has 2 aromatic heterocycles. The van der Waals surface area contributed by atoms with Gasteiger partial charge in [0.15, 0.2) is 0 Å². The molecule has 0 atom stereocenters. The summed E-state index contributed by atoms with van der Waals surface area (Å²) in [6.45, 7) is 7.49. The minimum atomic E-state index is 0.326. The fourth-order valence-electron chi connectivity index (χ4n) is 1.35. The Hall–Kier alpha value is -1.26. The molecule has 0 aliphatic carbocycles. The first-order chi connectivity index (χ1) is 8.36. The summed E-state index contributed by atoms with van der Waals surface area (Å²) in [6, 6.07) is 3.61. The highest BCUT2D eigenvalue weighted by Crippen LogP contribution is 2.04. The van der Waals surface area contributed by atoms with Gasteiger partial charge in [-0.1, -0.05) is 11.6 Å². The van der Waals surface area contributed by atoms with Crippen molar-refractivity contribution in [1.29, 1.82) is 0 Å². The minimum absolute atomic E-state index is 0.326. The summed E-state index contributed by atoms with van der Waals surface area (Å²) in [5.74, 6) is 0.722. The summed E-state index contributed by atoms with van der Waals surface area (Å²) >= 11 is 11.1. The molecule has 0 aromatic carbocycles. The first-order valence-corrected chi connectivity index (χ1v) is 6.08. The van der Waals surface area contributed by atoms with Gasteiger partial charge in [0.05, 0.1) is 0 Å². The second-order valence-corrected chi connectivity index (χ2v) is 4.52. The smallest absolute Gasteiger partial charge is 0.222 e. The van der Waals surface area contributed by atoms with Crippen LogP contribution in [0.5, 0.6) is 0 Å². The van der Waals surface area contributed by atoms with Gasteiger partial charge in [-0.3, -0.25) is 0 Å². The van der Waals surface area contributed by atoms with Crippen molar-refractivity contribution in [3.05, 3.63) is 45.5 Å². The Labute approximate surface area is 116 Å². The third-order valence-corrected chi connectivity index (χ3v) is 2.25. The van der Waals surface area contributed by atoms with Crippen molar-refractivity contribution in [2.24, 2.45) is 0 Å². The van der Waals surface area contributed by atoms with Gasteiger partial charge >= 0.3 is 0 Å². The Morgan fingerprint density at radius 2 is 1.22 bits per heavy atom. The number of aromatic nitrogens is 4. The van der Waals surface area contributed by atoms with Crippen LogP contribution in [0, 0.1) is 27.7 Å². The molecular formula is C12H14Cl2N4. The van der Waals surface area contributed by atoms with E-state index in [-0.39, 0.29) is 0 Å². The monoisotopic (exact) mass is 284 g/mol. The van der Waals surface area contributed by atoms with E-state index in [4.69, 9.17) is 23.2 Å². The molecule has 18 heavy (non-hydrogen) atoms. The van der Waals surface area contributed by atoms with Crippen LogP contribution in [0.25, 0.3) is 0 Å². The van der Waals surface area contributed by atoms with Gasteiger partial charge in [-0.2, -0.15) is 0 Å². The Morgan fingerprint density at radius 3 is 1.61 bits per heavy atom. The number of halogens is 2. The highest BCUT2D eigenvalue weighted by atomic mass is 35.5. The second kappa shape index (κ2) is 6.61. The number of hydrogen-bond acceptors (Lipinski definition) is 4. The van der Waals surface area contributed by atoms with E-state index >= 15 is 0 Å². The summed E-state index contributed by atoms with van der Waals surface area (Å²) in [5, 5.41) is 0.840. The molecule has 0 aliphatic rings. The summed E-state index contributed by atoms with van der Waals surface area (Å²) in [4.78, 5) is 15.7. The van der Waals surface area contributed by atoms with Gasteiger partial charge in [-0.15, -0.1) is 0 Å². The Kier molecular flexibility index (Phi) is 5.44. The summed E-state index contributed by atoms with van der Waals surface area (Å²) in [5.41, 5.74) is 2.73. The lowest BCUT2D eigenvalue weighted by molar-refractivity contribution is 1.01. The molecule has 6 heteroatoms. The highest BCUT2D eigenvalue weighted by Gasteiger charge is 1.93. The van der Waals surface area contributed by atoms with Crippen molar-refractivity contribution in [2.45, 2.75) is 27.7 Å². The number of nitrogens with zero attached hydrogens (tertiary/aromatic N) is 4. The number of aryl methyl sites for hydroxylation is 4. The number of hydrogen-bond donors (Lipinski definition) is 0. The molecule has 0 bridgehead atoms. The Balaban J connectivity index is 0.000000180. The molecule has 0 N–H and O–H groups in total. The zero-order valence-electron chi connectivity index (χ0n) is 10.7. The minimum Gasteiger partial charge on any atom is -0.238 e. The van der Waals surface area contributed by atoms with Gasteiger partial charge in [0.2, 0.25) is 5.28 Å². The van der Waals surface area contributed by atoms with Crippen LogP contribution in [-0.2, 0) is 0 Å². The van der Waals surface area contributed by atoms with Crippen molar-refractivity contribution in [3.8, 4) is 0 Å². The first kappa shape index (κ1) is 14.8. The molecule has 2 rings (SSSR count). The van der Waals surface area contributed by atoms with Crippen LogP contribution in [0.15, 0.2) is 12.1 Å². The van der Waals surface area contributed by atoms with Crippen LogP contribution in [-0.4, -0.2) is 19.9 Å². The predicted octanol–water partition coefficient (Wildman–Crippen LogP) is 3.49. The SMILES string of the molecule is Cc1cc(C)nc(Cl)n1.Cc1cc(Cl)nc(C)n1. The van der Waals surface area contributed by atoms with E-state index in [2.05, 4.69) is 19.9 Å². The fraction of sp³-hybridized carbons (Fsp3) is 0.333. The standard InChI is InChI=1S/2C6H7ClN2/c1-4-3-6(7)9-5(2)8-4;1-4-3-5(2)9-6(7)8-4/h2*3H,1-2H3. The van der Waals surface area contributed by atoms with Gasteiger partial charge in [-0.05, 0) is 51.4 Å². The maximum atomic E-state index is 5.60. The van der Waals surface area contributed by atoms with Crippen molar-refractivity contribution < 1.29 is 0 Å². The van der Waals surface area contributed by atoms with Crippen molar-refractivity contribution in [1.82, 2.24) is 19.9 Å². The van der Waals surface area contributed by atoms with E-state index in [9.17, 15) is 0 Å².